The number of ether oxygens (including phenoxy) is 1. The van der Waals surface area contributed by atoms with Crippen molar-refractivity contribution in [2.45, 2.75) is 38.1 Å². The monoisotopic (exact) mass is 382 g/mol. The summed E-state index contributed by atoms with van der Waals surface area (Å²) in [5.74, 6) is 0. The second kappa shape index (κ2) is 8.63. The Kier molecular flexibility index (Phi) is 6.47. The highest BCUT2D eigenvalue weighted by Crippen LogP contribution is 2.39. The fraction of sp³-hybridized carbons (Fsp3) is 0.579. The quantitative estimate of drug-likeness (QED) is 0.721. The van der Waals surface area contributed by atoms with Crippen molar-refractivity contribution >= 4 is 26.5 Å². The van der Waals surface area contributed by atoms with Gasteiger partial charge in [0.15, 0.2) is 0 Å². The van der Waals surface area contributed by atoms with Crippen LogP contribution >= 0.6 is 10.8 Å². The molecule has 0 spiro atoms. The van der Waals surface area contributed by atoms with Crippen molar-refractivity contribution in [1.29, 1.82) is 0 Å². The Morgan fingerprint density at radius 1 is 1.50 bits per heavy atom. The van der Waals surface area contributed by atoms with Crippen LogP contribution in [0.2, 0.25) is 0 Å². The summed E-state index contributed by atoms with van der Waals surface area (Å²) in [5.41, 5.74) is 1.85. The van der Waals surface area contributed by atoms with Gasteiger partial charge in [0, 0.05) is 37.7 Å². The number of benzene rings is 1. The lowest BCUT2D eigenvalue weighted by molar-refractivity contribution is 0.0215. The molecular weight excluding hydrogens is 355 g/mol. The lowest BCUT2D eigenvalue weighted by Gasteiger charge is -2.36. The summed E-state index contributed by atoms with van der Waals surface area (Å²) in [7, 11) is 0.364. The number of β-amino-alcohol motifs (C(OH)–C–C–N with tert-alkyl or cyclic N) is 1. The van der Waals surface area contributed by atoms with Gasteiger partial charge < -0.3 is 19.7 Å². The van der Waals surface area contributed by atoms with Gasteiger partial charge in [-0.3, -0.25) is 4.90 Å². The number of methoxy groups -OCH3 is 1. The Labute approximate surface area is 156 Å². The van der Waals surface area contributed by atoms with Gasteiger partial charge in [-0.25, -0.2) is 4.39 Å². The number of hydrogen-bond acceptors (Lipinski definition) is 5. The summed E-state index contributed by atoms with van der Waals surface area (Å²) in [6, 6.07) is 5.47. The smallest absolute Gasteiger partial charge is 0.203 e. The van der Waals surface area contributed by atoms with Crippen LogP contribution in [0, 0.1) is 0 Å². The summed E-state index contributed by atoms with van der Waals surface area (Å²) in [6.45, 7) is 3.69. The van der Waals surface area contributed by atoms with Crippen molar-refractivity contribution in [2.75, 3.05) is 38.7 Å². The molecule has 0 saturated carbocycles. The first-order chi connectivity index (χ1) is 12.5. The molecule has 1 aliphatic heterocycles. The van der Waals surface area contributed by atoms with Crippen molar-refractivity contribution in [3.05, 3.63) is 29.1 Å². The molecule has 1 aliphatic rings. The number of alkyl halides is 1. The molecule has 144 valence electrons. The molecule has 3 rings (SSSR count). The summed E-state index contributed by atoms with van der Waals surface area (Å²) in [5, 5.41) is 15.9. The van der Waals surface area contributed by atoms with Gasteiger partial charge in [-0.1, -0.05) is 13.0 Å². The number of aliphatic hydroxyl groups excluding tert-OH is 1. The number of nitrogens with zero attached hydrogens (tertiary/aromatic N) is 1. The van der Waals surface area contributed by atoms with Gasteiger partial charge in [0.2, 0.25) is 4.70 Å². The van der Waals surface area contributed by atoms with E-state index in [1.807, 2.05) is 30.0 Å². The van der Waals surface area contributed by atoms with Crippen molar-refractivity contribution < 1.29 is 18.8 Å². The number of hydrogen-bond donors (Lipinski definition) is 2. The van der Waals surface area contributed by atoms with Gasteiger partial charge in [-0.15, -0.1) is 0 Å². The van der Waals surface area contributed by atoms with Crippen LogP contribution in [-0.4, -0.2) is 66.2 Å². The predicted octanol–water partition coefficient (Wildman–Crippen LogP) is 2.96. The third kappa shape index (κ3) is 4.18. The van der Waals surface area contributed by atoms with Crippen LogP contribution in [0.3, 0.4) is 0 Å². The minimum atomic E-state index is -1.18. The number of fused-ring (bicyclic) bond motifs is 1. The first kappa shape index (κ1) is 19.5. The van der Waals surface area contributed by atoms with E-state index in [1.165, 1.54) is 0 Å². The molecule has 0 bridgehead atoms. The average Bonchev–Trinajstić information content (AvgIpc) is 2.94. The molecule has 0 aliphatic carbocycles. The zero-order chi connectivity index (χ0) is 18.7. The molecule has 1 fully saturated rings. The third-order valence-electron chi connectivity index (χ3n) is 4.99. The number of rotatable bonds is 7. The maximum atomic E-state index is 14.7. The highest BCUT2D eigenvalue weighted by molar-refractivity contribution is 7.30. The molecule has 4 unspecified atom stereocenters. The molecule has 2 N–H and O–H groups in total. The Bertz CT molecular complexity index is 739. The molecule has 4 atom stereocenters. The van der Waals surface area contributed by atoms with E-state index in [0.717, 1.165) is 27.8 Å². The molecule has 2 aromatic rings. The van der Waals surface area contributed by atoms with E-state index >= 15 is 0 Å². The molecule has 7 heteroatoms. The standard InChI is InChI=1S/C19H27FN2O3S/c1-3-13-12-26(24)19-15(13)5-4-6-18(19)21-17-7-8-22(10-16(17)20)9-14(23)11-25-2/h4-6,12,14,16-17,21,23H,3,7-11H2,1-2H3. The average molecular weight is 383 g/mol. The van der Waals surface area contributed by atoms with Crippen molar-refractivity contribution in [1.82, 2.24) is 4.90 Å². The number of aliphatic hydroxyl groups is 1. The molecule has 26 heavy (non-hydrogen) atoms. The zero-order valence-electron chi connectivity index (χ0n) is 15.3. The predicted molar refractivity (Wildman–Crippen MR) is 103 cm³/mol. The molecular formula is C19H27FN2O3S. The highest BCUT2D eigenvalue weighted by atomic mass is 32.2. The van der Waals surface area contributed by atoms with Gasteiger partial charge in [-0.05, 0) is 35.7 Å². The Morgan fingerprint density at radius 2 is 2.31 bits per heavy atom. The SMILES string of the molecule is CCc1c[s+]([O-])c2c(NC3CCN(CC(O)COC)CC3F)cccc12. The number of nitrogens with one attached hydrogen (secondary N) is 1. The summed E-state index contributed by atoms with van der Waals surface area (Å²) >= 11 is 0. The van der Waals surface area contributed by atoms with E-state index in [4.69, 9.17) is 4.74 Å². The third-order valence-corrected chi connectivity index (χ3v) is 6.33. The van der Waals surface area contributed by atoms with Gasteiger partial charge in [0.05, 0.1) is 24.4 Å². The Hall–Kier alpha value is -1.25. The van der Waals surface area contributed by atoms with E-state index in [9.17, 15) is 14.0 Å². The number of aryl methyl sites for hydroxylation is 1. The van der Waals surface area contributed by atoms with Crippen LogP contribution in [0.25, 0.3) is 10.1 Å². The molecule has 2 heterocycles. The molecule has 1 aromatic carbocycles. The van der Waals surface area contributed by atoms with E-state index in [1.54, 1.807) is 12.5 Å². The van der Waals surface area contributed by atoms with Crippen LogP contribution < -0.4 is 5.32 Å². The van der Waals surface area contributed by atoms with Crippen molar-refractivity contribution in [3.63, 3.8) is 0 Å². The van der Waals surface area contributed by atoms with E-state index in [-0.39, 0.29) is 19.2 Å². The van der Waals surface area contributed by atoms with Crippen LogP contribution in [0.4, 0.5) is 10.1 Å². The molecule has 1 aromatic heterocycles. The Morgan fingerprint density at radius 3 is 3.00 bits per heavy atom. The minimum Gasteiger partial charge on any atom is -0.590 e. The van der Waals surface area contributed by atoms with Crippen LogP contribution in [0.5, 0.6) is 0 Å². The summed E-state index contributed by atoms with van der Waals surface area (Å²) in [6.07, 6.45) is -0.195. The number of thiophene rings is 1. The molecule has 0 amide bonds. The zero-order valence-corrected chi connectivity index (χ0v) is 16.1. The molecule has 0 radical (unpaired) electrons. The minimum absolute atomic E-state index is 0.254. The van der Waals surface area contributed by atoms with Gasteiger partial charge in [-0.2, -0.15) is 0 Å². The summed E-state index contributed by atoms with van der Waals surface area (Å²) in [4.78, 5) is 1.93. The first-order valence-electron chi connectivity index (χ1n) is 9.08. The van der Waals surface area contributed by atoms with Crippen molar-refractivity contribution in [3.8, 4) is 0 Å². The van der Waals surface area contributed by atoms with Crippen LogP contribution in [-0.2, 0) is 11.2 Å². The maximum absolute atomic E-state index is 14.7. The fourth-order valence-corrected chi connectivity index (χ4v) is 5.11. The first-order valence-corrected chi connectivity index (χ1v) is 10.3. The second-order valence-corrected chi connectivity index (χ2v) is 8.14. The normalized spacial score (nSPS) is 23.3. The Balaban J connectivity index is 1.69. The number of piperidine rings is 1. The fourth-order valence-electron chi connectivity index (χ4n) is 3.68. The van der Waals surface area contributed by atoms with Crippen LogP contribution in [0.1, 0.15) is 18.9 Å². The van der Waals surface area contributed by atoms with Gasteiger partial charge in [0.25, 0.3) is 0 Å². The van der Waals surface area contributed by atoms with E-state index in [2.05, 4.69) is 5.32 Å². The van der Waals surface area contributed by atoms with Crippen molar-refractivity contribution in [2.24, 2.45) is 0 Å². The summed E-state index contributed by atoms with van der Waals surface area (Å²) < 4.78 is 32.9. The highest BCUT2D eigenvalue weighted by Gasteiger charge is 2.31. The van der Waals surface area contributed by atoms with E-state index in [0.29, 0.717) is 19.5 Å². The van der Waals surface area contributed by atoms with Gasteiger partial charge in [0.1, 0.15) is 11.6 Å². The maximum Gasteiger partial charge on any atom is 0.203 e. The molecule has 1 saturated heterocycles. The lowest BCUT2D eigenvalue weighted by atomic mass is 10.0. The second-order valence-electron chi connectivity index (χ2n) is 6.90. The van der Waals surface area contributed by atoms with E-state index < -0.39 is 23.0 Å². The topological polar surface area (TPSA) is 67.8 Å². The van der Waals surface area contributed by atoms with Gasteiger partial charge >= 0.3 is 0 Å². The number of halogens is 1. The lowest BCUT2D eigenvalue weighted by Crippen LogP contribution is -2.50. The number of anilines is 1. The molecule has 5 nitrogen and oxygen atoms in total. The number of likely N-dealkylation sites (tertiary alicyclic amines) is 1. The largest absolute Gasteiger partial charge is 0.590 e. The van der Waals surface area contributed by atoms with Crippen LogP contribution in [0.15, 0.2) is 23.6 Å².